The summed E-state index contributed by atoms with van der Waals surface area (Å²) < 4.78 is 18.3. The predicted octanol–water partition coefficient (Wildman–Crippen LogP) is 5.36. The summed E-state index contributed by atoms with van der Waals surface area (Å²) in [5.74, 6) is -0.701. The number of hydrogen-bond donors (Lipinski definition) is 0. The third kappa shape index (κ3) is 3.11. The summed E-state index contributed by atoms with van der Waals surface area (Å²) >= 11 is 12.1. The van der Waals surface area contributed by atoms with Gasteiger partial charge in [0.05, 0.1) is 10.6 Å². The van der Waals surface area contributed by atoms with Crippen molar-refractivity contribution in [3.63, 3.8) is 0 Å². The number of carbonyl (C=O) groups excluding carboxylic acids is 1. The molecule has 8 heteroatoms. The van der Waals surface area contributed by atoms with Crippen molar-refractivity contribution in [2.24, 2.45) is 23.7 Å². The lowest BCUT2D eigenvalue weighted by Gasteiger charge is -2.59. The number of fused-ring (bicyclic) bond motifs is 2. The van der Waals surface area contributed by atoms with Crippen LogP contribution in [0.15, 0.2) is 18.2 Å². The van der Waals surface area contributed by atoms with E-state index in [0.717, 1.165) is 25.7 Å². The van der Waals surface area contributed by atoms with Crippen LogP contribution in [0.5, 0.6) is 0 Å². The Morgan fingerprint density at radius 1 is 1.13 bits per heavy atom. The van der Waals surface area contributed by atoms with E-state index in [4.69, 9.17) is 47.2 Å². The van der Waals surface area contributed by atoms with E-state index in [1.54, 1.807) is 12.1 Å². The quantitative estimate of drug-likeness (QED) is 0.440. The maximum Gasteiger partial charge on any atom is 0.341 e. The highest BCUT2D eigenvalue weighted by atomic mass is 35.5. The average molecular weight is 457 g/mol. The van der Waals surface area contributed by atoms with Crippen molar-refractivity contribution in [3.05, 3.63) is 33.8 Å². The van der Waals surface area contributed by atoms with Crippen molar-refractivity contribution < 1.29 is 28.8 Å². The van der Waals surface area contributed by atoms with Crippen LogP contribution < -0.4 is 0 Å². The lowest BCUT2D eigenvalue weighted by Crippen LogP contribution is -2.70. The first-order valence-electron chi connectivity index (χ1n) is 10.6. The van der Waals surface area contributed by atoms with Crippen LogP contribution in [-0.4, -0.2) is 29.9 Å². The molecule has 164 valence electrons. The molecule has 0 amide bonds. The Hall–Kier alpha value is -0.890. The molecule has 4 aliphatic heterocycles. The Balaban J connectivity index is 1.45. The minimum Gasteiger partial charge on any atom is -0.432 e. The SMILES string of the molecule is C[C@@H]1[C@H](OC(=O)c2ccc(Cl)cc2Cl)O[C@H]2O[C@@]3(C)CC[C@@H]4[C@H](C)CC[C@H]1[C@@]24OO3. The number of esters is 1. The Morgan fingerprint density at radius 3 is 2.70 bits per heavy atom. The van der Waals surface area contributed by atoms with Gasteiger partial charge in [-0.05, 0) is 56.2 Å². The Morgan fingerprint density at radius 2 is 1.93 bits per heavy atom. The highest BCUT2D eigenvalue weighted by molar-refractivity contribution is 6.36. The molecule has 5 aliphatic rings. The molecule has 5 fully saturated rings. The van der Waals surface area contributed by atoms with E-state index >= 15 is 0 Å². The van der Waals surface area contributed by atoms with Crippen LogP contribution in [0.25, 0.3) is 0 Å². The molecule has 1 saturated carbocycles. The maximum absolute atomic E-state index is 12.8. The van der Waals surface area contributed by atoms with Gasteiger partial charge in [-0.2, -0.15) is 0 Å². The monoisotopic (exact) mass is 456 g/mol. The van der Waals surface area contributed by atoms with Gasteiger partial charge < -0.3 is 14.2 Å². The zero-order valence-corrected chi connectivity index (χ0v) is 18.7. The summed E-state index contributed by atoms with van der Waals surface area (Å²) in [5.41, 5.74) is -0.435. The third-order valence-electron chi connectivity index (χ3n) is 7.47. The van der Waals surface area contributed by atoms with Crippen LogP contribution in [0, 0.1) is 23.7 Å². The summed E-state index contributed by atoms with van der Waals surface area (Å²) in [6.45, 7) is 6.16. The summed E-state index contributed by atoms with van der Waals surface area (Å²) in [4.78, 5) is 24.7. The molecule has 4 saturated heterocycles. The second-order valence-corrected chi connectivity index (χ2v) is 10.1. The van der Waals surface area contributed by atoms with Gasteiger partial charge in [0.25, 0.3) is 0 Å². The number of benzene rings is 1. The molecule has 30 heavy (non-hydrogen) atoms. The third-order valence-corrected chi connectivity index (χ3v) is 8.02. The van der Waals surface area contributed by atoms with E-state index in [2.05, 4.69) is 6.92 Å². The second kappa shape index (κ2) is 7.32. The van der Waals surface area contributed by atoms with Crippen LogP contribution in [0.1, 0.15) is 56.8 Å². The van der Waals surface area contributed by atoms with E-state index in [-0.39, 0.29) is 28.3 Å². The Bertz CT molecular complexity index is 864. The molecule has 1 aliphatic carbocycles. The Kier molecular flexibility index (Phi) is 5.12. The minimum atomic E-state index is -0.869. The van der Waals surface area contributed by atoms with Crippen LogP contribution in [0.4, 0.5) is 0 Å². The van der Waals surface area contributed by atoms with E-state index in [0.29, 0.717) is 10.9 Å². The van der Waals surface area contributed by atoms with Gasteiger partial charge in [0.15, 0.2) is 11.9 Å². The fourth-order valence-electron chi connectivity index (χ4n) is 5.83. The smallest absolute Gasteiger partial charge is 0.341 e. The highest BCUT2D eigenvalue weighted by Gasteiger charge is 2.69. The summed E-state index contributed by atoms with van der Waals surface area (Å²) in [5, 5.41) is 0.699. The number of halogens is 2. The van der Waals surface area contributed by atoms with E-state index in [9.17, 15) is 4.79 Å². The topological polar surface area (TPSA) is 63.2 Å². The highest BCUT2D eigenvalue weighted by Crippen LogP contribution is 2.60. The fourth-order valence-corrected chi connectivity index (χ4v) is 6.32. The molecule has 1 spiro atoms. The largest absolute Gasteiger partial charge is 0.432 e. The molecule has 8 atom stereocenters. The zero-order valence-electron chi connectivity index (χ0n) is 17.2. The molecule has 0 aromatic heterocycles. The normalized spacial score (nSPS) is 44.8. The first-order valence-corrected chi connectivity index (χ1v) is 11.4. The average Bonchev–Trinajstić information content (AvgIpc) is 2.92. The summed E-state index contributed by atoms with van der Waals surface area (Å²) in [6.07, 6.45) is 2.26. The van der Waals surface area contributed by atoms with Crippen LogP contribution in [0.2, 0.25) is 10.0 Å². The van der Waals surface area contributed by atoms with Crippen molar-refractivity contribution in [1.82, 2.24) is 0 Å². The number of hydrogen-bond acceptors (Lipinski definition) is 6. The van der Waals surface area contributed by atoms with Gasteiger partial charge >= 0.3 is 5.97 Å². The molecule has 0 unspecified atom stereocenters. The van der Waals surface area contributed by atoms with Crippen molar-refractivity contribution >= 4 is 29.2 Å². The van der Waals surface area contributed by atoms with E-state index < -0.39 is 29.9 Å². The maximum atomic E-state index is 12.8. The predicted molar refractivity (Wildman–Crippen MR) is 109 cm³/mol. The minimum absolute atomic E-state index is 0.0820. The summed E-state index contributed by atoms with van der Waals surface area (Å²) in [7, 11) is 0. The van der Waals surface area contributed by atoms with Gasteiger partial charge in [-0.25, -0.2) is 14.6 Å². The summed E-state index contributed by atoms with van der Waals surface area (Å²) in [6, 6.07) is 4.69. The molecule has 4 heterocycles. The molecule has 1 aromatic carbocycles. The van der Waals surface area contributed by atoms with Gasteiger partial charge in [0.2, 0.25) is 12.1 Å². The van der Waals surface area contributed by atoms with Crippen molar-refractivity contribution in [3.8, 4) is 0 Å². The molecule has 2 bridgehead atoms. The van der Waals surface area contributed by atoms with Crippen LogP contribution >= 0.6 is 23.2 Å². The van der Waals surface area contributed by atoms with Gasteiger partial charge in [-0.1, -0.05) is 37.0 Å². The first kappa shape index (κ1) is 21.0. The molecular formula is C22H26Cl2O6. The van der Waals surface area contributed by atoms with Crippen molar-refractivity contribution in [2.45, 2.75) is 70.4 Å². The number of ether oxygens (including phenoxy) is 3. The molecule has 6 nitrogen and oxygen atoms in total. The molecular weight excluding hydrogens is 431 g/mol. The number of rotatable bonds is 2. The van der Waals surface area contributed by atoms with Gasteiger partial charge in [0.1, 0.15) is 0 Å². The van der Waals surface area contributed by atoms with Gasteiger partial charge in [-0.15, -0.1) is 0 Å². The van der Waals surface area contributed by atoms with E-state index in [1.807, 2.05) is 13.8 Å². The molecule has 0 N–H and O–H groups in total. The molecule has 0 radical (unpaired) electrons. The van der Waals surface area contributed by atoms with Gasteiger partial charge in [0, 0.05) is 23.3 Å². The standard InChI is InChI=1S/C22H26Cl2O6/c1-11-4-7-16-12(2)19(26-18(25)14-6-5-13(23)10-17(14)24)27-20-22(16)15(11)8-9-21(3,28-20)29-30-22/h5-6,10-12,15-16,19-20H,4,7-9H2,1-3H3/t11-,12+,15-,16-,19-,20+,21-,22-/m1/s1. The molecule has 1 aromatic rings. The lowest BCUT2D eigenvalue weighted by atomic mass is 9.58. The Labute approximate surface area is 186 Å². The van der Waals surface area contributed by atoms with Crippen molar-refractivity contribution in [2.75, 3.05) is 0 Å². The second-order valence-electron chi connectivity index (χ2n) is 9.30. The van der Waals surface area contributed by atoms with Gasteiger partial charge in [-0.3, -0.25) is 0 Å². The van der Waals surface area contributed by atoms with E-state index in [1.165, 1.54) is 6.07 Å². The fraction of sp³-hybridized carbons (Fsp3) is 0.682. The number of carbonyl (C=O) groups is 1. The van der Waals surface area contributed by atoms with Crippen molar-refractivity contribution in [1.29, 1.82) is 0 Å². The first-order chi connectivity index (χ1) is 14.2. The van der Waals surface area contributed by atoms with Crippen LogP contribution in [-0.2, 0) is 24.0 Å². The van der Waals surface area contributed by atoms with Crippen LogP contribution in [0.3, 0.4) is 0 Å². The zero-order chi connectivity index (χ0) is 21.3. The lowest BCUT2D eigenvalue weighted by molar-refractivity contribution is -0.576. The molecule has 6 rings (SSSR count).